The van der Waals surface area contributed by atoms with E-state index in [0.29, 0.717) is 5.75 Å². The second kappa shape index (κ2) is 7.10. The smallest absolute Gasteiger partial charge is 0.262 e. The van der Waals surface area contributed by atoms with Gasteiger partial charge in [0.2, 0.25) is 0 Å². The van der Waals surface area contributed by atoms with E-state index in [9.17, 15) is 4.79 Å². The fraction of sp³-hybridized carbons (Fsp3) is 0.188. The highest BCUT2D eigenvalue weighted by molar-refractivity contribution is 9.10. The van der Waals surface area contributed by atoms with Crippen LogP contribution in [0.5, 0.6) is 5.75 Å². The Bertz CT molecular complexity index is 599. The Kier molecular flexibility index (Phi) is 5.18. The van der Waals surface area contributed by atoms with Crippen molar-refractivity contribution in [1.29, 1.82) is 0 Å². The topological polar surface area (TPSA) is 38.3 Å². The van der Waals surface area contributed by atoms with Gasteiger partial charge in [0.05, 0.1) is 0 Å². The Morgan fingerprint density at radius 2 is 2.00 bits per heavy atom. The van der Waals surface area contributed by atoms with Crippen molar-refractivity contribution in [3.05, 3.63) is 58.6 Å². The molecule has 1 N–H and O–H groups in total. The van der Waals surface area contributed by atoms with Gasteiger partial charge in [-0.1, -0.05) is 41.1 Å². The largest absolute Gasteiger partial charge is 0.484 e. The molecule has 0 aromatic heterocycles. The minimum atomic E-state index is -0.176. The van der Waals surface area contributed by atoms with Gasteiger partial charge in [0.15, 0.2) is 6.61 Å². The number of hydrogen-bond acceptors (Lipinski definition) is 2. The van der Waals surface area contributed by atoms with Crippen LogP contribution in [0.15, 0.2) is 53.0 Å². The van der Waals surface area contributed by atoms with Crippen LogP contribution in [0.2, 0.25) is 0 Å². The number of nitrogens with one attached hydrogen (secondary N) is 1. The SMILES string of the molecule is CCc1cccc(OCC(=O)Nc2cccc(Br)c2)c1. The summed E-state index contributed by atoms with van der Waals surface area (Å²) in [6, 6.07) is 15.2. The van der Waals surface area contributed by atoms with E-state index in [2.05, 4.69) is 28.2 Å². The maximum Gasteiger partial charge on any atom is 0.262 e. The molecular weight excluding hydrogens is 318 g/mol. The summed E-state index contributed by atoms with van der Waals surface area (Å²) >= 11 is 3.36. The Labute approximate surface area is 127 Å². The van der Waals surface area contributed by atoms with E-state index in [1.54, 1.807) is 0 Å². The summed E-state index contributed by atoms with van der Waals surface area (Å²) in [5.74, 6) is 0.541. The number of amides is 1. The molecule has 0 bridgehead atoms. The van der Waals surface area contributed by atoms with Gasteiger partial charge >= 0.3 is 0 Å². The Morgan fingerprint density at radius 1 is 1.20 bits per heavy atom. The zero-order valence-corrected chi connectivity index (χ0v) is 12.8. The zero-order valence-electron chi connectivity index (χ0n) is 11.2. The van der Waals surface area contributed by atoms with Crippen molar-refractivity contribution >= 4 is 27.5 Å². The summed E-state index contributed by atoms with van der Waals surface area (Å²) in [6.07, 6.45) is 0.946. The maximum atomic E-state index is 11.8. The third-order valence-corrected chi connectivity index (χ3v) is 3.28. The van der Waals surface area contributed by atoms with Gasteiger partial charge in [-0.2, -0.15) is 0 Å². The lowest BCUT2D eigenvalue weighted by atomic mass is 10.2. The van der Waals surface area contributed by atoms with Gasteiger partial charge < -0.3 is 10.1 Å². The van der Waals surface area contributed by atoms with Crippen molar-refractivity contribution in [1.82, 2.24) is 0 Å². The van der Waals surface area contributed by atoms with Crippen LogP contribution in [0.3, 0.4) is 0 Å². The number of ether oxygens (including phenoxy) is 1. The minimum absolute atomic E-state index is 0.000317. The standard InChI is InChI=1S/C16H16BrNO2/c1-2-12-5-3-8-15(9-12)20-11-16(19)18-14-7-4-6-13(17)10-14/h3-10H,2,11H2,1H3,(H,18,19). The molecule has 2 rings (SSSR count). The van der Waals surface area contributed by atoms with Crippen LogP contribution in [0.4, 0.5) is 5.69 Å². The van der Waals surface area contributed by atoms with E-state index in [4.69, 9.17) is 4.74 Å². The van der Waals surface area contributed by atoms with Crippen LogP contribution >= 0.6 is 15.9 Å². The Balaban J connectivity index is 1.88. The lowest BCUT2D eigenvalue weighted by Gasteiger charge is -2.08. The molecule has 0 spiro atoms. The molecule has 2 aromatic rings. The number of benzene rings is 2. The first-order valence-corrected chi connectivity index (χ1v) is 7.24. The van der Waals surface area contributed by atoms with Gasteiger partial charge in [0.1, 0.15) is 5.75 Å². The fourth-order valence-corrected chi connectivity index (χ4v) is 2.17. The van der Waals surface area contributed by atoms with E-state index in [-0.39, 0.29) is 12.5 Å². The quantitative estimate of drug-likeness (QED) is 0.897. The van der Waals surface area contributed by atoms with Crippen LogP contribution in [0, 0.1) is 0 Å². The lowest BCUT2D eigenvalue weighted by Crippen LogP contribution is -2.20. The van der Waals surface area contributed by atoms with E-state index >= 15 is 0 Å². The van der Waals surface area contributed by atoms with Gasteiger partial charge in [-0.3, -0.25) is 4.79 Å². The molecule has 104 valence electrons. The molecule has 3 nitrogen and oxygen atoms in total. The van der Waals surface area contributed by atoms with Crippen LogP contribution in [0.1, 0.15) is 12.5 Å². The third kappa shape index (κ3) is 4.38. The van der Waals surface area contributed by atoms with Gasteiger partial charge in [0.25, 0.3) is 5.91 Å². The summed E-state index contributed by atoms with van der Waals surface area (Å²) in [6.45, 7) is 2.08. The summed E-state index contributed by atoms with van der Waals surface area (Å²) in [7, 11) is 0. The normalized spacial score (nSPS) is 10.1. The highest BCUT2D eigenvalue weighted by atomic mass is 79.9. The molecule has 0 atom stereocenters. The van der Waals surface area contributed by atoms with E-state index in [1.165, 1.54) is 5.56 Å². The fourth-order valence-electron chi connectivity index (χ4n) is 1.77. The number of carbonyl (C=O) groups excluding carboxylic acids is 1. The number of hydrogen-bond donors (Lipinski definition) is 1. The highest BCUT2D eigenvalue weighted by Gasteiger charge is 2.04. The van der Waals surface area contributed by atoms with Crippen LogP contribution in [-0.4, -0.2) is 12.5 Å². The number of anilines is 1. The zero-order chi connectivity index (χ0) is 14.4. The summed E-state index contributed by atoms with van der Waals surface area (Å²) in [5.41, 5.74) is 1.94. The van der Waals surface area contributed by atoms with E-state index < -0.39 is 0 Å². The Morgan fingerprint density at radius 3 is 2.75 bits per heavy atom. The molecule has 0 fully saturated rings. The molecule has 1 amide bonds. The summed E-state index contributed by atoms with van der Waals surface area (Å²) in [4.78, 5) is 11.8. The molecule has 2 aromatic carbocycles. The predicted octanol–water partition coefficient (Wildman–Crippen LogP) is 4.03. The lowest BCUT2D eigenvalue weighted by molar-refractivity contribution is -0.118. The van der Waals surface area contributed by atoms with Crippen LogP contribution in [0.25, 0.3) is 0 Å². The van der Waals surface area contributed by atoms with Crippen LogP contribution in [-0.2, 0) is 11.2 Å². The van der Waals surface area contributed by atoms with Gasteiger partial charge in [-0.05, 0) is 42.3 Å². The molecule has 20 heavy (non-hydrogen) atoms. The molecule has 0 unspecified atom stereocenters. The second-order valence-corrected chi connectivity index (χ2v) is 5.26. The highest BCUT2D eigenvalue weighted by Crippen LogP contribution is 2.16. The van der Waals surface area contributed by atoms with Crippen molar-refractivity contribution in [3.8, 4) is 5.75 Å². The molecule has 0 aliphatic heterocycles. The molecular formula is C16H16BrNO2. The number of carbonyl (C=O) groups is 1. The van der Waals surface area contributed by atoms with E-state index in [0.717, 1.165) is 16.6 Å². The average molecular weight is 334 g/mol. The first-order chi connectivity index (χ1) is 9.67. The first kappa shape index (κ1) is 14.6. The predicted molar refractivity (Wildman–Crippen MR) is 84.1 cm³/mol. The third-order valence-electron chi connectivity index (χ3n) is 2.78. The molecule has 4 heteroatoms. The summed E-state index contributed by atoms with van der Waals surface area (Å²) < 4.78 is 6.41. The van der Waals surface area contributed by atoms with Crippen molar-refractivity contribution in [2.45, 2.75) is 13.3 Å². The molecule has 0 saturated heterocycles. The van der Waals surface area contributed by atoms with Crippen molar-refractivity contribution in [3.63, 3.8) is 0 Å². The maximum absolute atomic E-state index is 11.8. The van der Waals surface area contributed by atoms with Gasteiger partial charge in [-0.25, -0.2) is 0 Å². The van der Waals surface area contributed by atoms with Gasteiger partial charge in [-0.15, -0.1) is 0 Å². The van der Waals surface area contributed by atoms with Crippen molar-refractivity contribution < 1.29 is 9.53 Å². The number of aryl methyl sites for hydroxylation is 1. The van der Waals surface area contributed by atoms with Crippen molar-refractivity contribution in [2.24, 2.45) is 0 Å². The molecule has 0 heterocycles. The first-order valence-electron chi connectivity index (χ1n) is 6.44. The molecule has 0 aliphatic rings. The average Bonchev–Trinajstić information content (AvgIpc) is 2.45. The Hall–Kier alpha value is -1.81. The summed E-state index contributed by atoms with van der Waals surface area (Å²) in [5, 5.41) is 2.79. The molecule has 0 saturated carbocycles. The second-order valence-electron chi connectivity index (χ2n) is 4.35. The number of rotatable bonds is 5. The minimum Gasteiger partial charge on any atom is -0.484 e. The molecule has 0 radical (unpaired) electrons. The van der Waals surface area contributed by atoms with Crippen molar-refractivity contribution in [2.75, 3.05) is 11.9 Å². The molecule has 0 aliphatic carbocycles. The number of halogens is 1. The monoisotopic (exact) mass is 333 g/mol. The van der Waals surface area contributed by atoms with Crippen LogP contribution < -0.4 is 10.1 Å². The van der Waals surface area contributed by atoms with Gasteiger partial charge in [0, 0.05) is 10.2 Å². The van der Waals surface area contributed by atoms with E-state index in [1.807, 2.05) is 48.5 Å².